The van der Waals surface area contributed by atoms with Crippen LogP contribution in [0.5, 0.6) is 0 Å². The predicted molar refractivity (Wildman–Crippen MR) is 109 cm³/mol. The average molecular weight is 413 g/mol. The molecule has 28 heavy (non-hydrogen) atoms. The summed E-state index contributed by atoms with van der Waals surface area (Å²) in [5.41, 5.74) is 1.47. The van der Waals surface area contributed by atoms with Crippen LogP contribution in [-0.4, -0.2) is 14.3 Å². The Balaban J connectivity index is 2.05. The van der Waals surface area contributed by atoms with E-state index in [1.165, 1.54) is 25.1 Å². The number of fused-ring (bicyclic) bond motifs is 3. The van der Waals surface area contributed by atoms with Gasteiger partial charge in [-0.3, -0.25) is 4.79 Å². The Kier molecular flexibility index (Phi) is 4.32. The lowest BCUT2D eigenvalue weighted by molar-refractivity contribution is -0.115. The molecule has 0 bridgehead atoms. The molecule has 1 heterocycles. The van der Waals surface area contributed by atoms with Gasteiger partial charge < -0.3 is 4.42 Å². The molecule has 142 valence electrons. The Labute approximate surface area is 164 Å². The van der Waals surface area contributed by atoms with Crippen molar-refractivity contribution >= 4 is 54.0 Å². The number of carbonyl (C=O) groups excluding carboxylic acids is 1. The summed E-state index contributed by atoms with van der Waals surface area (Å²) >= 11 is 0.864. The van der Waals surface area contributed by atoms with Crippen LogP contribution >= 0.6 is 11.3 Å². The molecule has 8 heteroatoms. The number of rotatable bonds is 3. The first-order valence-electron chi connectivity index (χ1n) is 8.37. The number of sulfonamides is 1. The molecule has 0 unspecified atom stereocenters. The molecular formula is C20H15NO5S2. The zero-order valence-corrected chi connectivity index (χ0v) is 16.6. The lowest BCUT2D eigenvalue weighted by atomic mass is 10.1. The van der Waals surface area contributed by atoms with Crippen LogP contribution in [0.4, 0.5) is 5.69 Å². The molecule has 1 amide bonds. The van der Waals surface area contributed by atoms with Crippen molar-refractivity contribution in [1.29, 1.82) is 0 Å². The molecule has 0 saturated carbocycles. The van der Waals surface area contributed by atoms with E-state index < -0.39 is 20.9 Å². The third kappa shape index (κ3) is 2.90. The van der Waals surface area contributed by atoms with E-state index in [-0.39, 0.29) is 10.6 Å². The van der Waals surface area contributed by atoms with E-state index in [0.29, 0.717) is 21.1 Å². The maximum absolute atomic E-state index is 13.3. The molecule has 0 atom stereocenters. The van der Waals surface area contributed by atoms with Crippen LogP contribution in [0, 0.1) is 6.92 Å². The highest BCUT2D eigenvalue weighted by Crippen LogP contribution is 2.37. The van der Waals surface area contributed by atoms with Gasteiger partial charge in [-0.2, -0.15) is 0 Å². The highest BCUT2D eigenvalue weighted by atomic mass is 32.2. The third-order valence-corrected chi connectivity index (χ3v) is 6.96. The highest BCUT2D eigenvalue weighted by Gasteiger charge is 2.31. The molecule has 4 aromatic rings. The minimum Gasteiger partial charge on any atom is -0.413 e. The summed E-state index contributed by atoms with van der Waals surface area (Å²) < 4.78 is 33.1. The molecular weight excluding hydrogens is 398 g/mol. The van der Waals surface area contributed by atoms with Crippen molar-refractivity contribution in [3.8, 4) is 0 Å². The predicted octanol–water partition coefficient (Wildman–Crippen LogP) is 4.06. The molecule has 0 fully saturated rings. The number of carbonyl (C=O) groups is 1. The molecule has 0 N–H and O–H groups in total. The Morgan fingerprint density at radius 2 is 1.68 bits per heavy atom. The zero-order valence-electron chi connectivity index (χ0n) is 15.0. The number of anilines is 1. The Bertz CT molecular complexity index is 1380. The van der Waals surface area contributed by atoms with E-state index in [4.69, 9.17) is 4.42 Å². The number of amides is 1. The van der Waals surface area contributed by atoms with Gasteiger partial charge >= 0.3 is 4.94 Å². The molecule has 0 aliphatic carbocycles. The summed E-state index contributed by atoms with van der Waals surface area (Å²) in [4.78, 5) is 23.8. The second-order valence-electron chi connectivity index (χ2n) is 6.32. The molecule has 0 spiro atoms. The second-order valence-corrected chi connectivity index (χ2v) is 9.09. The molecule has 1 aromatic heterocycles. The van der Waals surface area contributed by atoms with Gasteiger partial charge in [0.1, 0.15) is 0 Å². The van der Waals surface area contributed by atoms with Crippen molar-refractivity contribution < 1.29 is 17.6 Å². The van der Waals surface area contributed by atoms with Crippen molar-refractivity contribution in [2.45, 2.75) is 18.7 Å². The van der Waals surface area contributed by atoms with E-state index >= 15 is 0 Å². The molecule has 0 saturated heterocycles. The van der Waals surface area contributed by atoms with Crippen LogP contribution in [0.3, 0.4) is 0 Å². The van der Waals surface area contributed by atoms with E-state index in [2.05, 4.69) is 0 Å². The number of nitrogens with zero attached hydrogens (tertiary/aromatic N) is 1. The van der Waals surface area contributed by atoms with Crippen LogP contribution < -0.4 is 9.24 Å². The lowest BCUT2D eigenvalue weighted by Gasteiger charge is -2.23. The van der Waals surface area contributed by atoms with Crippen molar-refractivity contribution in [2.24, 2.45) is 0 Å². The number of aryl methyl sites for hydroxylation is 1. The quantitative estimate of drug-likeness (QED) is 0.506. The van der Waals surface area contributed by atoms with E-state index in [0.717, 1.165) is 21.2 Å². The first-order chi connectivity index (χ1) is 13.3. The standard InChI is InChI=1S/C20H15NO5S2/c1-12-7-9-14(10-8-12)28(24,25)21(13(2)22)17-11-18-19(26-20(23)27-18)16-6-4-3-5-15(16)17/h3-11H,1-2H3. The van der Waals surface area contributed by atoms with E-state index in [1.54, 1.807) is 36.4 Å². The Morgan fingerprint density at radius 1 is 1.04 bits per heavy atom. The molecule has 0 aliphatic heterocycles. The lowest BCUT2D eigenvalue weighted by Crippen LogP contribution is -2.35. The minimum atomic E-state index is -4.14. The van der Waals surface area contributed by atoms with Crippen LogP contribution in [0.2, 0.25) is 0 Å². The summed E-state index contributed by atoms with van der Waals surface area (Å²) in [6, 6.07) is 14.7. The average Bonchev–Trinajstić information content (AvgIpc) is 3.02. The van der Waals surface area contributed by atoms with Crippen LogP contribution in [0.1, 0.15) is 12.5 Å². The summed E-state index contributed by atoms with van der Waals surface area (Å²) in [5, 5.41) is 1.07. The molecule has 0 aliphatic rings. The van der Waals surface area contributed by atoms with Crippen LogP contribution in [0.25, 0.3) is 21.1 Å². The molecule has 6 nitrogen and oxygen atoms in total. The van der Waals surface area contributed by atoms with Gasteiger partial charge in [-0.05, 0) is 25.1 Å². The van der Waals surface area contributed by atoms with Crippen molar-refractivity contribution in [2.75, 3.05) is 4.31 Å². The molecule has 0 radical (unpaired) electrons. The first kappa shape index (κ1) is 18.4. The van der Waals surface area contributed by atoms with Crippen LogP contribution in [-0.2, 0) is 14.8 Å². The fourth-order valence-electron chi connectivity index (χ4n) is 3.13. The van der Waals surface area contributed by atoms with E-state index in [9.17, 15) is 18.0 Å². The van der Waals surface area contributed by atoms with E-state index in [1.807, 2.05) is 6.92 Å². The smallest absolute Gasteiger partial charge is 0.396 e. The van der Waals surface area contributed by atoms with Crippen molar-refractivity contribution in [1.82, 2.24) is 0 Å². The monoisotopic (exact) mass is 413 g/mol. The van der Waals surface area contributed by atoms with Crippen molar-refractivity contribution in [3.63, 3.8) is 0 Å². The second kappa shape index (κ2) is 6.57. The fourth-order valence-corrected chi connectivity index (χ4v) is 5.29. The summed E-state index contributed by atoms with van der Waals surface area (Å²) in [6.45, 7) is 3.05. The number of hydrogen-bond donors (Lipinski definition) is 0. The minimum absolute atomic E-state index is 0.0119. The van der Waals surface area contributed by atoms with Gasteiger partial charge in [-0.25, -0.2) is 17.5 Å². The van der Waals surface area contributed by atoms with Gasteiger partial charge in [0.05, 0.1) is 15.3 Å². The summed E-state index contributed by atoms with van der Waals surface area (Å²) in [6.07, 6.45) is 0. The van der Waals surface area contributed by atoms with Crippen molar-refractivity contribution in [3.05, 3.63) is 69.9 Å². The van der Waals surface area contributed by atoms with Gasteiger partial charge in [0.2, 0.25) is 5.91 Å². The zero-order chi connectivity index (χ0) is 20.1. The van der Waals surface area contributed by atoms with Gasteiger partial charge in [0.25, 0.3) is 10.0 Å². The largest absolute Gasteiger partial charge is 0.413 e. The maximum atomic E-state index is 13.3. The SMILES string of the molecule is CC(=O)N(c1cc2sc(=O)oc2c2ccccc12)S(=O)(=O)c1ccc(C)cc1. The molecule has 4 rings (SSSR count). The summed E-state index contributed by atoms with van der Waals surface area (Å²) in [7, 11) is -4.14. The third-order valence-electron chi connectivity index (χ3n) is 4.38. The number of hydrogen-bond acceptors (Lipinski definition) is 6. The molecule has 3 aromatic carbocycles. The number of benzene rings is 3. The van der Waals surface area contributed by atoms with Gasteiger partial charge in [-0.15, -0.1) is 0 Å². The van der Waals surface area contributed by atoms with Gasteiger partial charge in [-0.1, -0.05) is 53.3 Å². The van der Waals surface area contributed by atoms with Gasteiger partial charge in [0, 0.05) is 17.7 Å². The Morgan fingerprint density at radius 3 is 2.32 bits per heavy atom. The normalized spacial score (nSPS) is 11.8. The Hall–Kier alpha value is -2.97. The fraction of sp³-hybridized carbons (Fsp3) is 0.100. The summed E-state index contributed by atoms with van der Waals surface area (Å²) in [5.74, 6) is -0.652. The van der Waals surface area contributed by atoms with Crippen LogP contribution in [0.15, 0.2) is 68.7 Å². The highest BCUT2D eigenvalue weighted by molar-refractivity contribution is 7.93. The first-order valence-corrected chi connectivity index (χ1v) is 10.6. The topological polar surface area (TPSA) is 84.7 Å². The maximum Gasteiger partial charge on any atom is 0.396 e. The van der Waals surface area contributed by atoms with Gasteiger partial charge in [0.15, 0.2) is 5.58 Å².